The first-order valence-corrected chi connectivity index (χ1v) is 13.6. The predicted octanol–water partition coefficient (Wildman–Crippen LogP) is 4.00. The normalized spacial score (nSPS) is 22.4. The van der Waals surface area contributed by atoms with E-state index >= 15 is 4.39 Å². The molecule has 2 amide bonds. The van der Waals surface area contributed by atoms with Gasteiger partial charge >= 0.3 is 0 Å². The number of nitrogens with zero attached hydrogens (tertiary/aromatic N) is 5. The molecule has 39 heavy (non-hydrogen) atoms. The number of anilines is 1. The van der Waals surface area contributed by atoms with Crippen LogP contribution in [0.5, 0.6) is 5.75 Å². The molecule has 3 aliphatic rings. The van der Waals surface area contributed by atoms with Crippen LogP contribution in [0, 0.1) is 12.7 Å². The van der Waals surface area contributed by atoms with Crippen molar-refractivity contribution in [1.82, 2.24) is 19.7 Å². The number of hydrogen-bond acceptors (Lipinski definition) is 6. The number of fused-ring (bicyclic) bond motifs is 2. The van der Waals surface area contributed by atoms with E-state index in [1.54, 1.807) is 28.9 Å². The third-order valence-electron chi connectivity index (χ3n) is 8.24. The van der Waals surface area contributed by atoms with E-state index in [-0.39, 0.29) is 63.6 Å². The summed E-state index contributed by atoms with van der Waals surface area (Å²) in [5.41, 5.74) is 1.16. The Hall–Kier alpha value is -3.17. The Bertz CT molecular complexity index is 1330. The van der Waals surface area contributed by atoms with Crippen molar-refractivity contribution in [2.75, 3.05) is 51.8 Å². The van der Waals surface area contributed by atoms with E-state index < -0.39 is 5.82 Å². The standard InChI is InChI=1S/C29H35ClFN5O3/c1-7-21(37)34-11-12-35-19(14-34)16-39-26-23(28(35)38)27(36-15-18(33(5)6)13-29(36,3)4)32-25(24(26)30)22-17(2)9-8-10-20(22)31/h7-10,18-19H,1,11-16H2,2-6H3/t18?,19-/m1/s1. The predicted molar refractivity (Wildman–Crippen MR) is 150 cm³/mol. The molecule has 0 bridgehead atoms. The quantitative estimate of drug-likeness (QED) is 0.531. The monoisotopic (exact) mass is 555 g/mol. The summed E-state index contributed by atoms with van der Waals surface area (Å²) in [7, 11) is 4.08. The third kappa shape index (κ3) is 4.65. The van der Waals surface area contributed by atoms with Crippen LogP contribution in [-0.2, 0) is 4.79 Å². The molecule has 10 heteroatoms. The molecule has 5 rings (SSSR count). The minimum Gasteiger partial charge on any atom is -0.489 e. The fourth-order valence-electron chi connectivity index (χ4n) is 6.00. The first kappa shape index (κ1) is 27.4. The Morgan fingerprint density at radius 2 is 2.00 bits per heavy atom. The van der Waals surface area contributed by atoms with E-state index in [9.17, 15) is 9.59 Å². The number of aromatic nitrogens is 1. The van der Waals surface area contributed by atoms with Gasteiger partial charge in [0.15, 0.2) is 5.75 Å². The molecule has 1 aromatic carbocycles. The molecule has 1 aromatic heterocycles. The van der Waals surface area contributed by atoms with Crippen LogP contribution in [0.2, 0.25) is 5.02 Å². The molecule has 0 N–H and O–H groups in total. The number of carbonyl (C=O) groups is 2. The van der Waals surface area contributed by atoms with Crippen LogP contribution in [0.1, 0.15) is 36.2 Å². The Morgan fingerprint density at radius 1 is 1.26 bits per heavy atom. The van der Waals surface area contributed by atoms with Crippen molar-refractivity contribution in [1.29, 1.82) is 0 Å². The highest BCUT2D eigenvalue weighted by Gasteiger charge is 2.46. The van der Waals surface area contributed by atoms with Crippen LogP contribution in [0.15, 0.2) is 30.9 Å². The molecular weight excluding hydrogens is 521 g/mol. The number of aryl methyl sites for hydroxylation is 1. The van der Waals surface area contributed by atoms with Gasteiger partial charge in [0.2, 0.25) is 5.91 Å². The van der Waals surface area contributed by atoms with Gasteiger partial charge in [-0.3, -0.25) is 9.59 Å². The van der Waals surface area contributed by atoms with Crippen molar-refractivity contribution in [2.24, 2.45) is 0 Å². The van der Waals surface area contributed by atoms with Gasteiger partial charge in [-0.2, -0.15) is 0 Å². The molecule has 1 unspecified atom stereocenters. The SMILES string of the molecule is C=CC(=O)N1CCN2C(=O)c3c(N4CC(N(C)C)CC4(C)C)nc(-c4c(C)cccc4F)c(Cl)c3OC[C@H]2C1. The fraction of sp³-hybridized carbons (Fsp3) is 0.483. The van der Waals surface area contributed by atoms with E-state index in [0.717, 1.165) is 6.42 Å². The smallest absolute Gasteiger partial charge is 0.261 e. The number of carbonyl (C=O) groups excluding carboxylic acids is 2. The van der Waals surface area contributed by atoms with E-state index in [1.165, 1.54) is 12.1 Å². The minimum atomic E-state index is -0.446. The second kappa shape index (κ2) is 10.1. The summed E-state index contributed by atoms with van der Waals surface area (Å²) in [5.74, 6) is -0.224. The lowest BCUT2D eigenvalue weighted by molar-refractivity contribution is -0.128. The van der Waals surface area contributed by atoms with E-state index in [0.29, 0.717) is 37.6 Å². The van der Waals surface area contributed by atoms with Crippen LogP contribution in [0.25, 0.3) is 11.3 Å². The molecule has 2 fully saturated rings. The number of amides is 2. The zero-order valence-electron chi connectivity index (χ0n) is 23.1. The van der Waals surface area contributed by atoms with Crippen LogP contribution in [0.4, 0.5) is 10.2 Å². The summed E-state index contributed by atoms with van der Waals surface area (Å²) < 4.78 is 21.6. The molecule has 2 saturated heterocycles. The minimum absolute atomic E-state index is 0.107. The second-order valence-corrected chi connectivity index (χ2v) is 11.8. The van der Waals surface area contributed by atoms with E-state index in [4.69, 9.17) is 21.3 Å². The molecule has 0 saturated carbocycles. The van der Waals surface area contributed by atoms with Gasteiger partial charge in [-0.05, 0) is 59.0 Å². The summed E-state index contributed by atoms with van der Waals surface area (Å²) in [6.07, 6.45) is 2.13. The Kier molecular flexibility index (Phi) is 7.09. The summed E-state index contributed by atoms with van der Waals surface area (Å²) in [6.45, 7) is 11.5. The van der Waals surface area contributed by atoms with Crippen LogP contribution in [-0.4, -0.2) is 96.0 Å². The summed E-state index contributed by atoms with van der Waals surface area (Å²) in [5, 5.41) is 0.107. The van der Waals surface area contributed by atoms with E-state index in [2.05, 4.69) is 30.2 Å². The fourth-order valence-corrected chi connectivity index (χ4v) is 6.28. The van der Waals surface area contributed by atoms with Crippen molar-refractivity contribution < 1.29 is 18.7 Å². The molecule has 2 aromatic rings. The zero-order valence-corrected chi connectivity index (χ0v) is 23.9. The Balaban J connectivity index is 1.70. The Morgan fingerprint density at radius 3 is 2.64 bits per heavy atom. The lowest BCUT2D eigenvalue weighted by Gasteiger charge is -2.40. The molecule has 0 spiro atoms. The van der Waals surface area contributed by atoms with Crippen molar-refractivity contribution >= 4 is 29.2 Å². The number of benzene rings is 1. The first-order valence-electron chi connectivity index (χ1n) is 13.2. The van der Waals surface area contributed by atoms with Crippen LogP contribution >= 0.6 is 11.6 Å². The topological polar surface area (TPSA) is 69.2 Å². The average Bonchev–Trinajstić information content (AvgIpc) is 3.14. The average molecular weight is 556 g/mol. The number of ether oxygens (including phenoxy) is 1. The number of piperazine rings is 1. The highest BCUT2D eigenvalue weighted by Crippen LogP contribution is 2.47. The zero-order chi connectivity index (χ0) is 28.2. The number of halogens is 2. The highest BCUT2D eigenvalue weighted by molar-refractivity contribution is 6.35. The van der Waals surface area contributed by atoms with Gasteiger partial charge in [-0.1, -0.05) is 30.3 Å². The maximum absolute atomic E-state index is 15.2. The lowest BCUT2D eigenvalue weighted by atomic mass is 9.98. The first-order chi connectivity index (χ1) is 18.4. The molecule has 0 radical (unpaired) electrons. The van der Waals surface area contributed by atoms with Gasteiger partial charge in [0.25, 0.3) is 5.91 Å². The maximum atomic E-state index is 15.2. The van der Waals surface area contributed by atoms with Gasteiger partial charge in [-0.25, -0.2) is 9.37 Å². The Labute approximate surface area is 234 Å². The second-order valence-electron chi connectivity index (χ2n) is 11.4. The van der Waals surface area contributed by atoms with Crippen molar-refractivity contribution in [3.8, 4) is 17.0 Å². The number of hydrogen-bond donors (Lipinski definition) is 0. The van der Waals surface area contributed by atoms with Crippen molar-refractivity contribution in [3.05, 3.63) is 52.8 Å². The van der Waals surface area contributed by atoms with Crippen LogP contribution < -0.4 is 9.64 Å². The third-order valence-corrected chi connectivity index (χ3v) is 8.59. The summed E-state index contributed by atoms with van der Waals surface area (Å²) in [6, 6.07) is 4.69. The summed E-state index contributed by atoms with van der Waals surface area (Å²) in [4.78, 5) is 39.3. The van der Waals surface area contributed by atoms with Crippen molar-refractivity contribution in [3.63, 3.8) is 0 Å². The lowest BCUT2D eigenvalue weighted by Crippen LogP contribution is -2.57. The van der Waals surface area contributed by atoms with Crippen molar-refractivity contribution in [2.45, 2.75) is 44.8 Å². The van der Waals surface area contributed by atoms with Gasteiger partial charge < -0.3 is 24.3 Å². The van der Waals surface area contributed by atoms with Gasteiger partial charge in [0, 0.05) is 43.3 Å². The molecule has 4 heterocycles. The largest absolute Gasteiger partial charge is 0.489 e. The molecule has 2 atom stereocenters. The molecule has 0 aliphatic carbocycles. The molecule has 3 aliphatic heterocycles. The molecule has 208 valence electrons. The van der Waals surface area contributed by atoms with Crippen LogP contribution in [0.3, 0.4) is 0 Å². The number of pyridine rings is 1. The molecular formula is C29H35ClFN5O3. The summed E-state index contributed by atoms with van der Waals surface area (Å²) >= 11 is 6.94. The van der Waals surface area contributed by atoms with Gasteiger partial charge in [0.1, 0.15) is 28.8 Å². The maximum Gasteiger partial charge on any atom is 0.261 e. The van der Waals surface area contributed by atoms with Gasteiger partial charge in [-0.15, -0.1) is 0 Å². The van der Waals surface area contributed by atoms with E-state index in [1.807, 2.05) is 14.1 Å². The van der Waals surface area contributed by atoms with Gasteiger partial charge in [0.05, 0.1) is 11.7 Å². The number of rotatable bonds is 4. The highest BCUT2D eigenvalue weighted by atomic mass is 35.5. The number of likely N-dealkylation sites (N-methyl/N-ethyl adjacent to an activating group) is 1. The molecule has 8 nitrogen and oxygen atoms in total.